The van der Waals surface area contributed by atoms with Gasteiger partial charge in [0.15, 0.2) is 0 Å². The van der Waals surface area contributed by atoms with Crippen molar-refractivity contribution in [2.75, 3.05) is 19.0 Å². The van der Waals surface area contributed by atoms with Crippen LogP contribution in [0.3, 0.4) is 0 Å². The molecule has 0 amide bonds. The molecule has 2 aromatic heterocycles. The quantitative estimate of drug-likeness (QED) is 0.398. The molecule has 154 valence electrons. The van der Waals surface area contributed by atoms with E-state index < -0.39 is 0 Å². The van der Waals surface area contributed by atoms with Crippen molar-refractivity contribution in [3.8, 4) is 22.6 Å². The topological polar surface area (TPSA) is 56.3 Å². The van der Waals surface area contributed by atoms with Gasteiger partial charge in [0.05, 0.1) is 19.1 Å². The summed E-state index contributed by atoms with van der Waals surface area (Å²) in [6.45, 7) is 7.40. The van der Waals surface area contributed by atoms with Crippen molar-refractivity contribution in [3.63, 3.8) is 0 Å². The van der Waals surface area contributed by atoms with E-state index in [1.807, 2.05) is 38.1 Å². The summed E-state index contributed by atoms with van der Waals surface area (Å²) in [5.74, 6) is 3.36. The number of ether oxygens (including phenoxy) is 2. The van der Waals surface area contributed by atoms with E-state index in [-0.39, 0.29) is 0 Å². The highest BCUT2D eigenvalue weighted by Gasteiger charge is 2.18. The van der Waals surface area contributed by atoms with E-state index >= 15 is 0 Å². The average molecular weight is 420 g/mol. The van der Waals surface area contributed by atoms with Crippen molar-refractivity contribution in [2.45, 2.75) is 27.3 Å². The Morgan fingerprint density at radius 3 is 2.30 bits per heavy atom. The van der Waals surface area contributed by atoms with Crippen molar-refractivity contribution in [1.82, 2.24) is 9.97 Å². The van der Waals surface area contributed by atoms with E-state index in [1.165, 1.54) is 10.4 Å². The fourth-order valence-corrected chi connectivity index (χ4v) is 4.60. The highest BCUT2D eigenvalue weighted by Crippen LogP contribution is 2.41. The Hall–Kier alpha value is -3.12. The van der Waals surface area contributed by atoms with E-state index in [2.05, 4.69) is 36.5 Å². The highest BCUT2D eigenvalue weighted by molar-refractivity contribution is 7.19. The van der Waals surface area contributed by atoms with E-state index in [9.17, 15) is 0 Å². The third-order valence-corrected chi connectivity index (χ3v) is 5.91. The molecule has 30 heavy (non-hydrogen) atoms. The van der Waals surface area contributed by atoms with E-state index in [0.29, 0.717) is 13.2 Å². The number of aromatic nitrogens is 2. The molecule has 6 heteroatoms. The van der Waals surface area contributed by atoms with Crippen LogP contribution in [0.25, 0.3) is 21.3 Å². The van der Waals surface area contributed by atoms with Gasteiger partial charge in [-0.3, -0.25) is 0 Å². The molecule has 0 bridgehead atoms. The minimum Gasteiger partial charge on any atom is -0.497 e. The van der Waals surface area contributed by atoms with Gasteiger partial charge in [-0.15, -0.1) is 11.3 Å². The van der Waals surface area contributed by atoms with Gasteiger partial charge in [-0.2, -0.15) is 0 Å². The number of nitrogens with zero attached hydrogens (tertiary/aromatic N) is 2. The number of rotatable bonds is 7. The highest BCUT2D eigenvalue weighted by atomic mass is 32.1. The second-order valence-corrected chi connectivity index (χ2v) is 8.20. The second-order valence-electron chi connectivity index (χ2n) is 6.99. The summed E-state index contributed by atoms with van der Waals surface area (Å²) in [4.78, 5) is 11.7. The minimum atomic E-state index is 0.659. The summed E-state index contributed by atoms with van der Waals surface area (Å²) in [6.07, 6.45) is 0. The van der Waals surface area contributed by atoms with Crippen LogP contribution in [0.15, 0.2) is 48.5 Å². The number of thiophene rings is 1. The lowest BCUT2D eigenvalue weighted by molar-refractivity contribution is 0.340. The van der Waals surface area contributed by atoms with Crippen molar-refractivity contribution in [3.05, 3.63) is 64.8 Å². The molecular weight excluding hydrogens is 394 g/mol. The van der Waals surface area contributed by atoms with Crippen LogP contribution >= 0.6 is 11.3 Å². The zero-order valence-electron chi connectivity index (χ0n) is 17.7. The maximum atomic E-state index is 5.60. The number of fused-ring (bicyclic) bond motifs is 1. The van der Waals surface area contributed by atoms with Gasteiger partial charge in [0.1, 0.15) is 28.0 Å². The van der Waals surface area contributed by atoms with E-state index in [0.717, 1.165) is 44.5 Å². The molecule has 4 rings (SSSR count). The van der Waals surface area contributed by atoms with Crippen molar-refractivity contribution in [2.24, 2.45) is 0 Å². The molecule has 0 aliphatic carbocycles. The molecule has 0 atom stereocenters. The Balaban J connectivity index is 1.71. The molecule has 5 nitrogen and oxygen atoms in total. The van der Waals surface area contributed by atoms with Crippen LogP contribution < -0.4 is 14.8 Å². The van der Waals surface area contributed by atoms with Crippen LogP contribution in [0.1, 0.15) is 23.2 Å². The van der Waals surface area contributed by atoms with Gasteiger partial charge >= 0.3 is 0 Å². The van der Waals surface area contributed by atoms with Gasteiger partial charge in [-0.05, 0) is 56.2 Å². The zero-order chi connectivity index (χ0) is 21.1. The maximum Gasteiger partial charge on any atom is 0.139 e. The first kappa shape index (κ1) is 20.2. The average Bonchev–Trinajstić information content (AvgIpc) is 3.08. The number of methoxy groups -OCH3 is 1. The Bertz CT molecular complexity index is 1150. The molecule has 4 aromatic rings. The monoisotopic (exact) mass is 419 g/mol. The molecular formula is C24H25N3O2S. The first-order valence-corrected chi connectivity index (χ1v) is 10.8. The molecule has 0 saturated heterocycles. The maximum absolute atomic E-state index is 5.60. The summed E-state index contributed by atoms with van der Waals surface area (Å²) < 4.78 is 10.8. The molecule has 0 unspecified atom stereocenters. The van der Waals surface area contributed by atoms with Gasteiger partial charge in [0.2, 0.25) is 0 Å². The number of aryl methyl sites for hydroxylation is 2. The third-order valence-electron chi connectivity index (χ3n) is 4.91. The lowest BCUT2D eigenvalue weighted by Crippen LogP contribution is -2.04. The summed E-state index contributed by atoms with van der Waals surface area (Å²) >= 11 is 1.70. The molecule has 2 heterocycles. The van der Waals surface area contributed by atoms with Crippen molar-refractivity contribution in [1.29, 1.82) is 0 Å². The smallest absolute Gasteiger partial charge is 0.139 e. The summed E-state index contributed by atoms with van der Waals surface area (Å²) in [5.41, 5.74) is 3.48. The predicted octanol–water partition coefficient (Wildman–Crippen LogP) is 5.99. The molecule has 2 aromatic carbocycles. The van der Waals surface area contributed by atoms with Gasteiger partial charge in [-0.1, -0.05) is 24.3 Å². The molecule has 0 fully saturated rings. The largest absolute Gasteiger partial charge is 0.497 e. The van der Waals surface area contributed by atoms with Crippen LogP contribution in [0.2, 0.25) is 0 Å². The molecule has 0 saturated carbocycles. The number of anilines is 1. The van der Waals surface area contributed by atoms with Crippen LogP contribution in [0.5, 0.6) is 11.5 Å². The summed E-state index contributed by atoms with van der Waals surface area (Å²) in [6, 6.07) is 16.3. The van der Waals surface area contributed by atoms with E-state index in [1.54, 1.807) is 18.4 Å². The first-order valence-electron chi connectivity index (χ1n) is 9.96. The molecule has 0 spiro atoms. The summed E-state index contributed by atoms with van der Waals surface area (Å²) in [5, 5.41) is 4.60. The van der Waals surface area contributed by atoms with Crippen LogP contribution in [-0.4, -0.2) is 23.7 Å². The lowest BCUT2D eigenvalue weighted by atomic mass is 10.0. The van der Waals surface area contributed by atoms with Gasteiger partial charge in [0.25, 0.3) is 0 Å². The SMILES string of the molecule is CCOc1ccc(-c2c(C)sc3nc(C)nc(NCc4ccc(OC)cc4)c23)cc1. The van der Waals surface area contributed by atoms with Crippen molar-refractivity contribution >= 4 is 27.4 Å². The van der Waals surface area contributed by atoms with Gasteiger partial charge in [0, 0.05) is 17.0 Å². The number of hydrogen-bond acceptors (Lipinski definition) is 6. The standard InChI is InChI=1S/C24H25N3O2S/c1-5-29-20-12-8-18(9-13-20)21-15(2)30-24-22(21)23(26-16(3)27-24)25-14-17-6-10-19(28-4)11-7-17/h6-13H,5,14H2,1-4H3,(H,25,26,27). The van der Waals surface area contributed by atoms with Crippen LogP contribution in [-0.2, 0) is 6.54 Å². The second kappa shape index (κ2) is 8.71. The Kier molecular flexibility index (Phi) is 5.86. The molecule has 1 N–H and O–H groups in total. The van der Waals surface area contributed by atoms with E-state index in [4.69, 9.17) is 19.4 Å². The molecule has 0 aliphatic heterocycles. The summed E-state index contributed by atoms with van der Waals surface area (Å²) in [7, 11) is 1.68. The van der Waals surface area contributed by atoms with Gasteiger partial charge < -0.3 is 14.8 Å². The van der Waals surface area contributed by atoms with Gasteiger partial charge in [-0.25, -0.2) is 9.97 Å². The van der Waals surface area contributed by atoms with Crippen LogP contribution in [0.4, 0.5) is 5.82 Å². The Morgan fingerprint density at radius 2 is 1.63 bits per heavy atom. The first-order chi connectivity index (χ1) is 14.6. The van der Waals surface area contributed by atoms with Crippen molar-refractivity contribution < 1.29 is 9.47 Å². The minimum absolute atomic E-state index is 0.659. The Labute approximate surface area is 180 Å². The fourth-order valence-electron chi connectivity index (χ4n) is 3.51. The number of benzene rings is 2. The third kappa shape index (κ3) is 4.09. The lowest BCUT2D eigenvalue weighted by Gasteiger charge is -2.11. The fraction of sp³-hybridized carbons (Fsp3) is 0.250. The number of nitrogens with one attached hydrogen (secondary N) is 1. The normalized spacial score (nSPS) is 10.9. The molecule has 0 radical (unpaired) electrons. The predicted molar refractivity (Wildman–Crippen MR) is 124 cm³/mol. The zero-order valence-corrected chi connectivity index (χ0v) is 18.5. The Morgan fingerprint density at radius 1 is 0.933 bits per heavy atom. The van der Waals surface area contributed by atoms with Crippen LogP contribution in [0, 0.1) is 13.8 Å². The molecule has 0 aliphatic rings. The number of hydrogen-bond donors (Lipinski definition) is 1.